The summed E-state index contributed by atoms with van der Waals surface area (Å²) in [6, 6.07) is 8.14. The normalized spacial score (nSPS) is 20.6. The molecule has 1 fully saturated rings. The van der Waals surface area contributed by atoms with E-state index in [0.717, 1.165) is 24.2 Å². The number of unbranched alkanes of at least 4 members (excludes halogenated alkanes) is 3. The minimum atomic E-state index is -2.72. The Kier molecular flexibility index (Phi) is 15.3. The molecule has 0 aromatic heterocycles. The van der Waals surface area contributed by atoms with Gasteiger partial charge < -0.3 is 0 Å². The van der Waals surface area contributed by atoms with Gasteiger partial charge in [0.1, 0.15) is 0 Å². The van der Waals surface area contributed by atoms with Gasteiger partial charge in [0, 0.05) is 0 Å². The van der Waals surface area contributed by atoms with E-state index in [-0.39, 0.29) is 24.9 Å². The van der Waals surface area contributed by atoms with Crippen molar-refractivity contribution in [2.75, 3.05) is 13.7 Å². The van der Waals surface area contributed by atoms with Crippen molar-refractivity contribution in [2.24, 2.45) is 0 Å². The summed E-state index contributed by atoms with van der Waals surface area (Å²) < 4.78 is 30.2. The zero-order valence-corrected chi connectivity index (χ0v) is 28.2. The van der Waals surface area contributed by atoms with Crippen LogP contribution < -0.4 is 4.74 Å². The fourth-order valence-electron chi connectivity index (χ4n) is 5.93. The van der Waals surface area contributed by atoms with Crippen molar-refractivity contribution in [1.82, 2.24) is 0 Å². The van der Waals surface area contributed by atoms with Gasteiger partial charge in [0.05, 0.1) is 0 Å². The van der Waals surface area contributed by atoms with Crippen LogP contribution in [0.15, 0.2) is 33.9 Å². The first-order valence-electron chi connectivity index (χ1n) is 15.1. The third-order valence-corrected chi connectivity index (χ3v) is 24.3. The zero-order valence-electron chi connectivity index (χ0n) is 25.4. The first kappa shape index (κ1) is 33.6. The topological polar surface area (TPSA) is 57.2 Å². The maximum atomic E-state index is 10.2. The van der Waals surface area contributed by atoms with Crippen LogP contribution in [-0.2, 0) is 20.8 Å². The molecule has 1 aliphatic rings. The number of aliphatic hydroxyl groups is 1. The summed E-state index contributed by atoms with van der Waals surface area (Å²) in [5, 5.41) is 10.2. The molecule has 0 bridgehead atoms. The average Bonchev–Trinajstić information content (AvgIpc) is 3.17. The Morgan fingerprint density at radius 2 is 1.58 bits per heavy atom. The fraction of sp³-hybridized carbons (Fsp3) is 0.750. The Labute approximate surface area is 237 Å². The molecule has 1 heterocycles. The number of rotatable bonds is 19. The molecular formula is C32H56O5Sn. The van der Waals surface area contributed by atoms with Gasteiger partial charge in [-0.25, -0.2) is 0 Å². The van der Waals surface area contributed by atoms with E-state index in [1.807, 2.05) is 26.0 Å². The second-order valence-electron chi connectivity index (χ2n) is 11.6. The Balaban J connectivity index is 2.34. The molecule has 38 heavy (non-hydrogen) atoms. The summed E-state index contributed by atoms with van der Waals surface area (Å²) in [6.45, 7) is 13.7. The molecule has 1 saturated heterocycles. The van der Waals surface area contributed by atoms with E-state index in [1.165, 1.54) is 51.8 Å². The van der Waals surface area contributed by atoms with Crippen LogP contribution >= 0.6 is 0 Å². The molecule has 0 spiro atoms. The molecule has 1 N–H and O–H groups in total. The van der Waals surface area contributed by atoms with Gasteiger partial charge >= 0.3 is 238 Å². The van der Waals surface area contributed by atoms with E-state index in [2.05, 4.69) is 45.9 Å². The third kappa shape index (κ3) is 10.8. The molecule has 0 amide bonds. The van der Waals surface area contributed by atoms with Gasteiger partial charge in [0.15, 0.2) is 0 Å². The van der Waals surface area contributed by atoms with Crippen LogP contribution in [0, 0.1) is 0 Å². The molecule has 218 valence electrons. The van der Waals surface area contributed by atoms with Crippen LogP contribution in [0.25, 0.3) is 0 Å². The molecule has 0 radical (unpaired) electrons. The molecular weight excluding hydrogens is 583 g/mol. The third-order valence-electron chi connectivity index (χ3n) is 8.06. The van der Waals surface area contributed by atoms with Gasteiger partial charge in [-0.1, -0.05) is 0 Å². The maximum absolute atomic E-state index is 10.2. The zero-order chi connectivity index (χ0) is 28.0. The van der Waals surface area contributed by atoms with E-state index in [4.69, 9.17) is 18.9 Å². The van der Waals surface area contributed by atoms with Crippen molar-refractivity contribution < 1.29 is 24.1 Å². The van der Waals surface area contributed by atoms with Gasteiger partial charge in [0.25, 0.3) is 0 Å². The van der Waals surface area contributed by atoms with Crippen LogP contribution in [0.2, 0.25) is 13.3 Å². The van der Waals surface area contributed by atoms with E-state index in [1.54, 1.807) is 10.7 Å². The molecule has 1 aromatic carbocycles. The second kappa shape index (κ2) is 17.3. The van der Waals surface area contributed by atoms with E-state index in [0.29, 0.717) is 6.61 Å². The van der Waals surface area contributed by atoms with Crippen molar-refractivity contribution in [3.8, 4) is 5.75 Å². The Morgan fingerprint density at radius 3 is 2.03 bits per heavy atom. The Bertz CT molecular complexity index is 785. The molecule has 5 nitrogen and oxygen atoms in total. The summed E-state index contributed by atoms with van der Waals surface area (Å²) in [6.07, 6.45) is 11.5. The van der Waals surface area contributed by atoms with Crippen molar-refractivity contribution in [3.63, 3.8) is 0 Å². The standard InChI is InChI=1S/C20H29O5.3C4H9.Sn/c1-15-19(25-20(2,3)24-15)13-18(7-5-6-12-21)23-14-16-8-10-17(22-4)11-9-16;3*1-3-4-2;/h6,8-11,15,18-19,21H,7,12-14H2,1-4H3;3*1,3-4H2,2H3;. The van der Waals surface area contributed by atoms with Crippen molar-refractivity contribution >= 4 is 18.4 Å². The molecule has 0 aliphatic carbocycles. The van der Waals surface area contributed by atoms with Crippen molar-refractivity contribution in [1.29, 1.82) is 0 Å². The van der Waals surface area contributed by atoms with Crippen LogP contribution in [0.1, 0.15) is 98.5 Å². The molecule has 2 rings (SSSR count). The van der Waals surface area contributed by atoms with Crippen LogP contribution in [0.3, 0.4) is 0 Å². The first-order valence-corrected chi connectivity index (χ1v) is 22.6. The fourth-order valence-corrected chi connectivity index (χ4v) is 23.0. The average molecular weight is 640 g/mol. The molecule has 0 saturated carbocycles. The van der Waals surface area contributed by atoms with Crippen LogP contribution in [0.4, 0.5) is 0 Å². The molecule has 3 unspecified atom stereocenters. The quantitative estimate of drug-likeness (QED) is 0.155. The summed E-state index contributed by atoms with van der Waals surface area (Å²) in [5.74, 6) is 0.286. The predicted octanol–water partition coefficient (Wildman–Crippen LogP) is 8.21. The van der Waals surface area contributed by atoms with Gasteiger partial charge in [-0.3, -0.25) is 0 Å². The van der Waals surface area contributed by atoms with Gasteiger partial charge in [-0.2, -0.15) is 0 Å². The summed E-state index contributed by atoms with van der Waals surface area (Å²) in [7, 11) is 1.69. The van der Waals surface area contributed by atoms with E-state index in [9.17, 15) is 5.11 Å². The molecule has 6 heteroatoms. The minimum absolute atomic E-state index is 0.00670. The monoisotopic (exact) mass is 640 g/mol. The number of aliphatic hydroxyl groups excluding tert-OH is 1. The molecule has 3 atom stereocenters. The summed E-state index contributed by atoms with van der Waals surface area (Å²) in [4.78, 5) is 0. The van der Waals surface area contributed by atoms with E-state index >= 15 is 0 Å². The van der Waals surface area contributed by atoms with Crippen molar-refractivity contribution in [3.05, 3.63) is 39.5 Å². The first-order chi connectivity index (χ1) is 18.2. The van der Waals surface area contributed by atoms with Crippen molar-refractivity contribution in [2.45, 2.75) is 137 Å². The van der Waals surface area contributed by atoms with E-state index < -0.39 is 24.2 Å². The van der Waals surface area contributed by atoms with Gasteiger partial charge in [-0.15, -0.1) is 0 Å². The number of methoxy groups -OCH3 is 1. The predicted molar refractivity (Wildman–Crippen MR) is 160 cm³/mol. The summed E-state index contributed by atoms with van der Waals surface area (Å²) in [5.41, 5.74) is 1.14. The molecule has 1 aliphatic heterocycles. The Morgan fingerprint density at radius 1 is 1.00 bits per heavy atom. The number of hydrogen-bond acceptors (Lipinski definition) is 5. The second-order valence-corrected chi connectivity index (χ2v) is 25.0. The Hall–Kier alpha value is -0.601. The number of hydrogen-bond donors (Lipinski definition) is 1. The van der Waals surface area contributed by atoms with Gasteiger partial charge in [0.2, 0.25) is 0 Å². The SMILES string of the molecule is CCC[CH2][Sn]([CH2]CCC)([CH2]CCC)/[C](=C/CO)CC(CC1OC(C)(C)OC1C)OCc1ccc(OC)cc1. The van der Waals surface area contributed by atoms with Crippen LogP contribution in [0.5, 0.6) is 5.75 Å². The number of benzene rings is 1. The van der Waals surface area contributed by atoms with Gasteiger partial charge in [-0.05, 0) is 0 Å². The molecule has 1 aromatic rings. The summed E-state index contributed by atoms with van der Waals surface area (Å²) >= 11 is -2.72. The van der Waals surface area contributed by atoms with Crippen LogP contribution in [-0.4, -0.2) is 61.3 Å². The number of ether oxygens (including phenoxy) is 4.